The lowest BCUT2D eigenvalue weighted by molar-refractivity contribution is -0.132. The Hall–Kier alpha value is -3.66. The minimum Gasteiger partial charge on any atom is -0.497 e. The van der Waals surface area contributed by atoms with Crippen LogP contribution in [0, 0.1) is 11.6 Å². The van der Waals surface area contributed by atoms with E-state index in [4.69, 9.17) is 4.74 Å². The number of nitrogens with one attached hydrogen (secondary N) is 1. The van der Waals surface area contributed by atoms with E-state index in [1.165, 1.54) is 17.4 Å². The molecule has 0 spiro atoms. The van der Waals surface area contributed by atoms with Crippen molar-refractivity contribution in [1.82, 2.24) is 15.2 Å². The average molecular weight is 528 g/mol. The maximum absolute atomic E-state index is 13.8. The van der Waals surface area contributed by atoms with Crippen molar-refractivity contribution in [3.05, 3.63) is 81.3 Å². The van der Waals surface area contributed by atoms with Crippen LogP contribution in [0.1, 0.15) is 63.0 Å². The fourth-order valence-electron chi connectivity index (χ4n) is 4.19. The SMILES string of the molecule is COc1ccc(C(=O)CCC(=O)N2CCC(c3nc(C(=O)NCc4ccc(F)cc4F)cs3)CC2)cc1. The minimum absolute atomic E-state index is 0.0486. The number of amides is 2. The number of ether oxygens (including phenoxy) is 1. The molecule has 194 valence electrons. The first-order valence-corrected chi connectivity index (χ1v) is 12.8. The van der Waals surface area contributed by atoms with E-state index in [9.17, 15) is 23.2 Å². The topological polar surface area (TPSA) is 88.6 Å². The van der Waals surface area contributed by atoms with E-state index in [1.807, 2.05) is 0 Å². The number of halogens is 2. The maximum atomic E-state index is 13.8. The molecule has 1 aliphatic heterocycles. The molecular formula is C27H27F2N3O4S. The molecule has 1 saturated heterocycles. The van der Waals surface area contributed by atoms with E-state index in [-0.39, 0.29) is 48.3 Å². The van der Waals surface area contributed by atoms with Crippen LogP contribution in [0.5, 0.6) is 5.75 Å². The fraction of sp³-hybridized carbons (Fsp3) is 0.333. The molecular weight excluding hydrogens is 500 g/mol. The number of benzene rings is 2. The summed E-state index contributed by atoms with van der Waals surface area (Å²) in [6, 6.07) is 10.0. The second-order valence-corrected chi connectivity index (χ2v) is 9.69. The van der Waals surface area contributed by atoms with Crippen LogP contribution in [0.15, 0.2) is 47.8 Å². The standard InChI is InChI=1S/C27H27F2N3O4S/c1-36-21-6-3-17(4-7-21)24(33)8-9-25(34)32-12-10-18(11-13-32)27-31-23(16-37-27)26(35)30-15-19-2-5-20(28)14-22(19)29/h2-7,14,16,18H,8-13,15H2,1H3,(H,30,35). The Morgan fingerprint density at radius 3 is 2.49 bits per heavy atom. The van der Waals surface area contributed by atoms with Crippen LogP contribution in [0.4, 0.5) is 8.78 Å². The number of methoxy groups -OCH3 is 1. The molecule has 7 nitrogen and oxygen atoms in total. The molecule has 1 fully saturated rings. The summed E-state index contributed by atoms with van der Waals surface area (Å²) < 4.78 is 31.9. The number of thiazole rings is 1. The molecule has 37 heavy (non-hydrogen) atoms. The predicted octanol–water partition coefficient (Wildman–Crippen LogP) is 4.73. The molecule has 0 aliphatic carbocycles. The number of aromatic nitrogens is 1. The van der Waals surface area contributed by atoms with Gasteiger partial charge in [-0.05, 0) is 43.2 Å². The third-order valence-electron chi connectivity index (χ3n) is 6.38. The van der Waals surface area contributed by atoms with E-state index in [0.717, 1.165) is 17.1 Å². The zero-order valence-corrected chi connectivity index (χ0v) is 21.2. The average Bonchev–Trinajstić information content (AvgIpc) is 3.41. The number of ketones is 1. The zero-order valence-electron chi connectivity index (χ0n) is 20.3. The van der Waals surface area contributed by atoms with Gasteiger partial charge in [0, 0.05) is 61.0 Å². The number of hydrogen-bond donors (Lipinski definition) is 1. The Bertz CT molecular complexity index is 1270. The summed E-state index contributed by atoms with van der Waals surface area (Å²) in [5.41, 5.74) is 0.990. The molecule has 0 radical (unpaired) electrons. The number of rotatable bonds is 9. The number of hydrogen-bond acceptors (Lipinski definition) is 6. The van der Waals surface area contributed by atoms with Gasteiger partial charge in [0.1, 0.15) is 23.1 Å². The van der Waals surface area contributed by atoms with Gasteiger partial charge in [0.15, 0.2) is 5.78 Å². The van der Waals surface area contributed by atoms with E-state index < -0.39 is 17.5 Å². The normalized spacial score (nSPS) is 13.9. The van der Waals surface area contributed by atoms with Crippen molar-refractivity contribution in [1.29, 1.82) is 0 Å². The van der Waals surface area contributed by atoms with Crippen molar-refractivity contribution < 1.29 is 27.9 Å². The Morgan fingerprint density at radius 1 is 1.08 bits per heavy atom. The van der Waals surface area contributed by atoms with Gasteiger partial charge in [-0.15, -0.1) is 11.3 Å². The Kier molecular flexibility index (Phi) is 8.60. The third-order valence-corrected chi connectivity index (χ3v) is 7.39. The largest absolute Gasteiger partial charge is 0.497 e. The van der Waals surface area contributed by atoms with Crippen LogP contribution in [0.2, 0.25) is 0 Å². The first-order chi connectivity index (χ1) is 17.8. The number of likely N-dealkylation sites (tertiary alicyclic amines) is 1. The van der Waals surface area contributed by atoms with Crippen LogP contribution in [0.25, 0.3) is 0 Å². The molecule has 0 saturated carbocycles. The van der Waals surface area contributed by atoms with Gasteiger partial charge in [0.05, 0.1) is 12.1 Å². The van der Waals surface area contributed by atoms with Crippen molar-refractivity contribution in [2.45, 2.75) is 38.1 Å². The molecule has 1 aliphatic rings. The summed E-state index contributed by atoms with van der Waals surface area (Å²) >= 11 is 1.38. The quantitative estimate of drug-likeness (QED) is 0.407. The summed E-state index contributed by atoms with van der Waals surface area (Å²) in [5, 5.41) is 5.09. The first-order valence-electron chi connectivity index (χ1n) is 12.0. The minimum atomic E-state index is -0.717. The first kappa shape index (κ1) is 26.4. The van der Waals surface area contributed by atoms with Crippen LogP contribution in [0.3, 0.4) is 0 Å². The number of carbonyl (C=O) groups is 3. The lowest BCUT2D eigenvalue weighted by Crippen LogP contribution is -2.38. The number of carbonyl (C=O) groups excluding carboxylic acids is 3. The Labute approximate surface area is 217 Å². The van der Waals surface area contributed by atoms with Crippen molar-refractivity contribution in [2.24, 2.45) is 0 Å². The molecule has 0 unspecified atom stereocenters. The molecule has 10 heteroatoms. The second-order valence-electron chi connectivity index (χ2n) is 8.80. The molecule has 1 N–H and O–H groups in total. The lowest BCUT2D eigenvalue weighted by Gasteiger charge is -2.31. The molecule has 4 rings (SSSR count). The monoisotopic (exact) mass is 527 g/mol. The van der Waals surface area contributed by atoms with Crippen molar-refractivity contribution in [3.63, 3.8) is 0 Å². The Morgan fingerprint density at radius 2 is 1.81 bits per heavy atom. The van der Waals surface area contributed by atoms with Crippen molar-refractivity contribution >= 4 is 28.9 Å². The Balaban J connectivity index is 1.22. The van der Waals surface area contributed by atoms with Gasteiger partial charge in [-0.1, -0.05) is 6.07 Å². The van der Waals surface area contributed by atoms with Crippen molar-refractivity contribution in [2.75, 3.05) is 20.2 Å². The van der Waals surface area contributed by atoms with Gasteiger partial charge in [-0.3, -0.25) is 14.4 Å². The highest BCUT2D eigenvalue weighted by molar-refractivity contribution is 7.09. The second kappa shape index (κ2) is 12.1. The molecule has 2 amide bonds. The summed E-state index contributed by atoms with van der Waals surface area (Å²) in [5.74, 6) is -1.15. The lowest BCUT2D eigenvalue weighted by atomic mass is 9.97. The van der Waals surface area contributed by atoms with Crippen LogP contribution >= 0.6 is 11.3 Å². The van der Waals surface area contributed by atoms with Gasteiger partial charge < -0.3 is 15.0 Å². The number of Topliss-reactive ketones (excluding diaryl/α,β-unsaturated/α-hetero) is 1. The van der Waals surface area contributed by atoms with Crippen LogP contribution in [-0.2, 0) is 11.3 Å². The summed E-state index contributed by atoms with van der Waals surface area (Å²) in [7, 11) is 1.56. The third kappa shape index (κ3) is 6.76. The highest BCUT2D eigenvalue weighted by Gasteiger charge is 2.26. The van der Waals surface area contributed by atoms with Gasteiger partial charge >= 0.3 is 0 Å². The van der Waals surface area contributed by atoms with Gasteiger partial charge in [-0.25, -0.2) is 13.8 Å². The van der Waals surface area contributed by atoms with E-state index in [2.05, 4.69) is 10.3 Å². The van der Waals surface area contributed by atoms with E-state index >= 15 is 0 Å². The van der Waals surface area contributed by atoms with Crippen LogP contribution in [-0.4, -0.2) is 47.7 Å². The predicted molar refractivity (Wildman–Crippen MR) is 135 cm³/mol. The summed E-state index contributed by atoms with van der Waals surface area (Å²) in [4.78, 5) is 43.7. The highest BCUT2D eigenvalue weighted by Crippen LogP contribution is 2.30. The van der Waals surface area contributed by atoms with Gasteiger partial charge in [-0.2, -0.15) is 0 Å². The molecule has 3 aromatic rings. The fourth-order valence-corrected chi connectivity index (χ4v) is 5.16. The molecule has 0 atom stereocenters. The highest BCUT2D eigenvalue weighted by atomic mass is 32.1. The molecule has 2 aromatic carbocycles. The van der Waals surface area contributed by atoms with Gasteiger partial charge in [0.2, 0.25) is 5.91 Å². The van der Waals surface area contributed by atoms with E-state index in [1.54, 1.807) is 41.7 Å². The number of nitrogens with zero attached hydrogens (tertiary/aromatic N) is 2. The summed E-state index contributed by atoms with van der Waals surface area (Å²) in [6.07, 6.45) is 1.74. The molecule has 2 heterocycles. The molecule has 1 aromatic heterocycles. The van der Waals surface area contributed by atoms with E-state index in [0.29, 0.717) is 37.2 Å². The van der Waals surface area contributed by atoms with Crippen LogP contribution < -0.4 is 10.1 Å². The molecule has 0 bridgehead atoms. The van der Waals surface area contributed by atoms with Crippen molar-refractivity contribution in [3.8, 4) is 5.75 Å². The van der Waals surface area contributed by atoms with Gasteiger partial charge in [0.25, 0.3) is 5.91 Å². The zero-order chi connectivity index (χ0) is 26.4. The number of piperidine rings is 1. The smallest absolute Gasteiger partial charge is 0.271 e. The summed E-state index contributed by atoms with van der Waals surface area (Å²) in [6.45, 7) is 1.05. The maximum Gasteiger partial charge on any atom is 0.271 e.